The smallest absolute Gasteiger partial charge is 0.259 e. The molecule has 0 bridgehead atoms. The third-order valence-corrected chi connectivity index (χ3v) is 3.66. The minimum absolute atomic E-state index is 0.0171. The first-order chi connectivity index (χ1) is 8.71. The Morgan fingerprint density at radius 1 is 1.53 bits per heavy atom. The minimum Gasteiger partial charge on any atom is -0.369 e. The highest BCUT2D eigenvalue weighted by molar-refractivity contribution is 6.33. The molecule has 1 aliphatic rings. The van der Waals surface area contributed by atoms with E-state index >= 15 is 0 Å². The van der Waals surface area contributed by atoms with Crippen molar-refractivity contribution in [2.75, 3.05) is 13.1 Å². The molecule has 0 aromatic carbocycles. The second-order valence-electron chi connectivity index (χ2n) is 5.75. The van der Waals surface area contributed by atoms with Crippen LogP contribution in [0.15, 0.2) is 0 Å². The van der Waals surface area contributed by atoms with Gasteiger partial charge in [-0.1, -0.05) is 11.6 Å². The Morgan fingerprint density at radius 3 is 2.63 bits per heavy atom. The summed E-state index contributed by atoms with van der Waals surface area (Å²) in [5.41, 5.74) is 0.819. The van der Waals surface area contributed by atoms with Gasteiger partial charge in [0, 0.05) is 20.1 Å². The van der Waals surface area contributed by atoms with Crippen LogP contribution in [-0.4, -0.2) is 45.4 Å². The quantitative estimate of drug-likeness (QED) is 0.793. The molecular weight excluding hydrogens is 266 g/mol. The van der Waals surface area contributed by atoms with Gasteiger partial charge in [0.05, 0.1) is 23.0 Å². The predicted molar refractivity (Wildman–Crippen MR) is 73.5 cm³/mol. The molecule has 106 valence electrons. The van der Waals surface area contributed by atoms with Crippen molar-refractivity contribution < 1.29 is 9.53 Å². The van der Waals surface area contributed by atoms with E-state index in [0.717, 1.165) is 0 Å². The van der Waals surface area contributed by atoms with Gasteiger partial charge in [0.1, 0.15) is 5.15 Å². The maximum Gasteiger partial charge on any atom is 0.259 e. The molecule has 1 fully saturated rings. The third-order valence-electron chi connectivity index (χ3n) is 3.22. The van der Waals surface area contributed by atoms with E-state index in [4.69, 9.17) is 16.3 Å². The summed E-state index contributed by atoms with van der Waals surface area (Å²) >= 11 is 6.16. The zero-order chi connectivity index (χ0) is 14.4. The SMILES string of the molecule is Cc1nn(C)c(Cl)c1C(=O)N1CC(C)OC(C)(C)C1. The molecule has 0 spiro atoms. The number of carbonyl (C=O) groups excluding carboxylic acids is 1. The van der Waals surface area contributed by atoms with Crippen molar-refractivity contribution >= 4 is 17.5 Å². The summed E-state index contributed by atoms with van der Waals surface area (Å²) in [7, 11) is 1.73. The van der Waals surface area contributed by atoms with Gasteiger partial charge in [-0.3, -0.25) is 9.48 Å². The zero-order valence-electron chi connectivity index (χ0n) is 12.0. The molecule has 19 heavy (non-hydrogen) atoms. The van der Waals surface area contributed by atoms with Crippen molar-refractivity contribution in [3.8, 4) is 0 Å². The third kappa shape index (κ3) is 2.77. The summed E-state index contributed by atoms with van der Waals surface area (Å²) in [6.07, 6.45) is 0.0171. The molecule has 1 unspecified atom stereocenters. The summed E-state index contributed by atoms with van der Waals surface area (Å²) in [6, 6.07) is 0. The molecule has 1 aromatic heterocycles. The molecule has 1 amide bonds. The number of ether oxygens (including phenoxy) is 1. The van der Waals surface area contributed by atoms with Gasteiger partial charge < -0.3 is 9.64 Å². The molecule has 0 N–H and O–H groups in total. The van der Waals surface area contributed by atoms with E-state index in [1.54, 1.807) is 18.9 Å². The van der Waals surface area contributed by atoms with Crippen molar-refractivity contribution in [3.63, 3.8) is 0 Å². The molecule has 0 aliphatic carbocycles. The molecule has 6 heteroatoms. The van der Waals surface area contributed by atoms with E-state index in [-0.39, 0.29) is 17.6 Å². The molecular formula is C13H20ClN3O2. The van der Waals surface area contributed by atoms with Crippen molar-refractivity contribution in [1.29, 1.82) is 0 Å². The van der Waals surface area contributed by atoms with Crippen LogP contribution in [0.4, 0.5) is 0 Å². The van der Waals surface area contributed by atoms with Gasteiger partial charge in [-0.2, -0.15) is 5.10 Å². The van der Waals surface area contributed by atoms with E-state index in [2.05, 4.69) is 5.10 Å². The Bertz CT molecular complexity index is 510. The van der Waals surface area contributed by atoms with E-state index in [9.17, 15) is 4.79 Å². The van der Waals surface area contributed by atoms with Crippen molar-refractivity contribution in [2.45, 2.75) is 39.4 Å². The molecule has 0 radical (unpaired) electrons. The molecule has 2 rings (SSSR count). The lowest BCUT2D eigenvalue weighted by Gasteiger charge is -2.41. The van der Waals surface area contributed by atoms with Crippen LogP contribution in [0.5, 0.6) is 0 Å². The van der Waals surface area contributed by atoms with Crippen LogP contribution < -0.4 is 0 Å². The Kier molecular flexibility index (Phi) is 3.62. The summed E-state index contributed by atoms with van der Waals surface area (Å²) in [5.74, 6) is -0.0705. The summed E-state index contributed by atoms with van der Waals surface area (Å²) in [5, 5.41) is 4.58. The van der Waals surface area contributed by atoms with Gasteiger partial charge in [0.25, 0.3) is 5.91 Å². The van der Waals surface area contributed by atoms with Gasteiger partial charge >= 0.3 is 0 Å². The number of morpholine rings is 1. The number of hydrogen-bond acceptors (Lipinski definition) is 3. The van der Waals surface area contributed by atoms with E-state index in [1.165, 1.54) is 4.68 Å². The van der Waals surface area contributed by atoms with Gasteiger partial charge in [-0.05, 0) is 27.7 Å². The second-order valence-corrected chi connectivity index (χ2v) is 6.11. The summed E-state index contributed by atoms with van der Waals surface area (Å²) in [6.45, 7) is 8.88. The summed E-state index contributed by atoms with van der Waals surface area (Å²) < 4.78 is 7.33. The van der Waals surface area contributed by atoms with E-state index in [1.807, 2.05) is 20.8 Å². The Balaban J connectivity index is 2.29. The molecule has 5 nitrogen and oxygen atoms in total. The monoisotopic (exact) mass is 285 g/mol. The number of nitrogens with zero attached hydrogens (tertiary/aromatic N) is 3. The van der Waals surface area contributed by atoms with Crippen LogP contribution in [0.25, 0.3) is 0 Å². The highest BCUT2D eigenvalue weighted by Crippen LogP contribution is 2.26. The molecule has 2 heterocycles. The highest BCUT2D eigenvalue weighted by atomic mass is 35.5. The van der Waals surface area contributed by atoms with Crippen molar-refractivity contribution in [2.24, 2.45) is 7.05 Å². The fourth-order valence-electron chi connectivity index (χ4n) is 2.64. The second kappa shape index (κ2) is 4.80. The fraction of sp³-hybridized carbons (Fsp3) is 0.692. The lowest BCUT2D eigenvalue weighted by atomic mass is 10.0. The maximum atomic E-state index is 12.6. The van der Waals surface area contributed by atoms with Crippen molar-refractivity contribution in [3.05, 3.63) is 16.4 Å². The number of amides is 1. The van der Waals surface area contributed by atoms with Crippen molar-refractivity contribution in [1.82, 2.24) is 14.7 Å². The average molecular weight is 286 g/mol. The Hall–Kier alpha value is -1.07. The van der Waals surface area contributed by atoms with Gasteiger partial charge in [-0.25, -0.2) is 0 Å². The zero-order valence-corrected chi connectivity index (χ0v) is 12.8. The Labute approximate surface area is 118 Å². The first-order valence-electron chi connectivity index (χ1n) is 6.37. The van der Waals surface area contributed by atoms with E-state index < -0.39 is 0 Å². The fourth-order valence-corrected chi connectivity index (χ4v) is 2.89. The lowest BCUT2D eigenvalue weighted by molar-refractivity contribution is -0.118. The first-order valence-corrected chi connectivity index (χ1v) is 6.75. The van der Waals surface area contributed by atoms with Gasteiger partial charge in [-0.15, -0.1) is 0 Å². The maximum absolute atomic E-state index is 12.6. The molecule has 1 aliphatic heterocycles. The molecule has 1 saturated heterocycles. The lowest BCUT2D eigenvalue weighted by Crippen LogP contribution is -2.53. The number of carbonyl (C=O) groups is 1. The standard InChI is InChI=1S/C13H20ClN3O2/c1-8-6-17(7-13(3,4)19-8)12(18)10-9(2)15-16(5)11(10)14/h8H,6-7H2,1-5H3. The largest absolute Gasteiger partial charge is 0.369 e. The number of aryl methyl sites for hydroxylation is 2. The predicted octanol–water partition coefficient (Wildman–Crippen LogP) is 2.02. The van der Waals surface area contributed by atoms with Crippen LogP contribution >= 0.6 is 11.6 Å². The van der Waals surface area contributed by atoms with Crippen LogP contribution in [0.2, 0.25) is 5.15 Å². The van der Waals surface area contributed by atoms with Crippen LogP contribution in [-0.2, 0) is 11.8 Å². The first kappa shape index (κ1) is 14.3. The van der Waals surface area contributed by atoms with E-state index in [0.29, 0.717) is 29.5 Å². The minimum atomic E-state index is -0.337. The topological polar surface area (TPSA) is 47.4 Å². The average Bonchev–Trinajstić information content (AvgIpc) is 2.49. The Morgan fingerprint density at radius 2 is 2.16 bits per heavy atom. The van der Waals surface area contributed by atoms with Gasteiger partial charge in [0.2, 0.25) is 0 Å². The molecule has 0 saturated carbocycles. The van der Waals surface area contributed by atoms with Gasteiger partial charge in [0.15, 0.2) is 0 Å². The summed E-state index contributed by atoms with van der Waals surface area (Å²) in [4.78, 5) is 14.4. The normalized spacial score (nSPS) is 22.6. The number of hydrogen-bond donors (Lipinski definition) is 0. The van der Waals surface area contributed by atoms with Crippen LogP contribution in [0.1, 0.15) is 36.8 Å². The number of halogens is 1. The highest BCUT2D eigenvalue weighted by Gasteiger charge is 2.35. The van der Waals surface area contributed by atoms with Crippen LogP contribution in [0, 0.1) is 6.92 Å². The molecule has 1 atom stereocenters. The molecule has 1 aromatic rings. The number of rotatable bonds is 1. The number of aromatic nitrogens is 2. The van der Waals surface area contributed by atoms with Crippen LogP contribution in [0.3, 0.4) is 0 Å².